The summed E-state index contributed by atoms with van der Waals surface area (Å²) in [5, 5.41) is 5.65. The fraction of sp³-hybridized carbons (Fsp3) is 0.400. The maximum absolute atomic E-state index is 13.3. The highest BCUT2D eigenvalue weighted by Crippen LogP contribution is 2.18. The van der Waals surface area contributed by atoms with Crippen molar-refractivity contribution < 1.29 is 18.8 Å². The van der Waals surface area contributed by atoms with Gasteiger partial charge in [-0.05, 0) is 35.7 Å². The second-order valence-electron chi connectivity index (χ2n) is 8.67. The molecule has 1 fully saturated rings. The molecule has 3 amide bonds. The average molecular weight is 455 g/mol. The molecule has 33 heavy (non-hydrogen) atoms. The normalized spacial score (nSPS) is 15.2. The van der Waals surface area contributed by atoms with Gasteiger partial charge >= 0.3 is 0 Å². The van der Waals surface area contributed by atoms with E-state index in [9.17, 15) is 18.8 Å². The van der Waals surface area contributed by atoms with Crippen LogP contribution in [-0.2, 0) is 14.4 Å². The summed E-state index contributed by atoms with van der Waals surface area (Å²) in [6, 6.07) is 14.1. The number of carbonyl (C=O) groups excluding carboxylic acids is 3. The number of rotatable bonds is 8. The van der Waals surface area contributed by atoms with E-state index in [1.54, 1.807) is 4.90 Å². The molecule has 1 unspecified atom stereocenters. The van der Waals surface area contributed by atoms with E-state index >= 15 is 0 Å². The molecule has 1 heterocycles. The molecule has 1 atom stereocenters. The fourth-order valence-corrected chi connectivity index (χ4v) is 3.77. The molecule has 0 bridgehead atoms. The summed E-state index contributed by atoms with van der Waals surface area (Å²) >= 11 is 0. The third-order valence-corrected chi connectivity index (χ3v) is 5.46. The van der Waals surface area contributed by atoms with Gasteiger partial charge in [-0.15, -0.1) is 0 Å². The van der Waals surface area contributed by atoms with E-state index in [4.69, 9.17) is 0 Å². The first-order chi connectivity index (χ1) is 15.8. The molecule has 8 heteroatoms. The number of piperazine rings is 1. The molecule has 2 N–H and O–H groups in total. The largest absolute Gasteiger partial charge is 0.341 e. The Morgan fingerprint density at radius 3 is 2.15 bits per heavy atom. The van der Waals surface area contributed by atoms with Crippen LogP contribution in [0.4, 0.5) is 10.1 Å². The highest BCUT2D eigenvalue weighted by Gasteiger charge is 2.30. The molecule has 1 aliphatic rings. The monoisotopic (exact) mass is 454 g/mol. The van der Waals surface area contributed by atoms with Crippen molar-refractivity contribution in [3.8, 4) is 0 Å². The van der Waals surface area contributed by atoms with Crippen molar-refractivity contribution in [3.05, 3.63) is 66.0 Å². The maximum Gasteiger partial charge on any atom is 0.249 e. The molecule has 1 saturated heterocycles. The van der Waals surface area contributed by atoms with Gasteiger partial charge in [0.2, 0.25) is 17.7 Å². The third-order valence-electron chi connectivity index (χ3n) is 5.46. The number of nitrogens with zero attached hydrogens (tertiary/aromatic N) is 2. The molecule has 176 valence electrons. The first kappa shape index (κ1) is 24.4. The Kier molecular flexibility index (Phi) is 8.54. The minimum absolute atomic E-state index is 0.145. The molecule has 0 radical (unpaired) electrons. The summed E-state index contributed by atoms with van der Waals surface area (Å²) < 4.78 is 13.0. The Hall–Kier alpha value is -3.26. The van der Waals surface area contributed by atoms with Crippen LogP contribution in [0.25, 0.3) is 0 Å². The first-order valence-corrected chi connectivity index (χ1v) is 11.2. The van der Waals surface area contributed by atoms with E-state index < -0.39 is 6.04 Å². The van der Waals surface area contributed by atoms with Crippen LogP contribution in [0.5, 0.6) is 0 Å². The summed E-state index contributed by atoms with van der Waals surface area (Å²) in [6.07, 6.45) is 0.355. The predicted octanol–water partition coefficient (Wildman–Crippen LogP) is 2.81. The number of anilines is 1. The van der Waals surface area contributed by atoms with Crippen molar-refractivity contribution in [3.63, 3.8) is 0 Å². The Morgan fingerprint density at radius 1 is 0.909 bits per heavy atom. The highest BCUT2D eigenvalue weighted by molar-refractivity contribution is 5.92. The van der Waals surface area contributed by atoms with Gasteiger partial charge < -0.3 is 15.5 Å². The molecule has 0 spiro atoms. The zero-order valence-corrected chi connectivity index (χ0v) is 19.1. The molecular weight excluding hydrogens is 423 g/mol. The smallest absolute Gasteiger partial charge is 0.249 e. The van der Waals surface area contributed by atoms with Gasteiger partial charge in [-0.2, -0.15) is 0 Å². The van der Waals surface area contributed by atoms with Crippen LogP contribution in [-0.4, -0.2) is 60.2 Å². The van der Waals surface area contributed by atoms with Gasteiger partial charge in [-0.25, -0.2) is 4.39 Å². The number of hydrogen-bond acceptors (Lipinski definition) is 4. The predicted molar refractivity (Wildman–Crippen MR) is 125 cm³/mol. The highest BCUT2D eigenvalue weighted by atomic mass is 19.1. The third kappa shape index (κ3) is 7.39. The molecule has 3 rings (SSSR count). The minimum Gasteiger partial charge on any atom is -0.341 e. The second kappa shape index (κ2) is 11.6. The van der Waals surface area contributed by atoms with E-state index in [0.717, 1.165) is 5.56 Å². The quantitative estimate of drug-likeness (QED) is 0.643. The average Bonchev–Trinajstić information content (AvgIpc) is 2.79. The Labute approximate surface area is 193 Å². The van der Waals surface area contributed by atoms with Crippen LogP contribution in [0.2, 0.25) is 0 Å². The van der Waals surface area contributed by atoms with Crippen LogP contribution in [0, 0.1) is 11.7 Å². The number of benzene rings is 2. The zero-order chi connectivity index (χ0) is 23.8. The zero-order valence-electron chi connectivity index (χ0n) is 19.1. The first-order valence-electron chi connectivity index (χ1n) is 11.2. The van der Waals surface area contributed by atoms with Crippen molar-refractivity contribution in [1.82, 2.24) is 15.1 Å². The van der Waals surface area contributed by atoms with Crippen LogP contribution in [0.3, 0.4) is 0 Å². The Morgan fingerprint density at radius 2 is 1.55 bits per heavy atom. The van der Waals surface area contributed by atoms with Gasteiger partial charge in [0.15, 0.2) is 0 Å². The number of carbonyl (C=O) groups is 3. The van der Waals surface area contributed by atoms with Gasteiger partial charge in [-0.3, -0.25) is 19.3 Å². The van der Waals surface area contributed by atoms with E-state index in [-0.39, 0.29) is 36.0 Å². The fourth-order valence-electron chi connectivity index (χ4n) is 3.77. The van der Waals surface area contributed by atoms with Crippen molar-refractivity contribution in [2.75, 3.05) is 38.0 Å². The van der Waals surface area contributed by atoms with Gasteiger partial charge in [0.1, 0.15) is 11.9 Å². The summed E-state index contributed by atoms with van der Waals surface area (Å²) in [4.78, 5) is 41.7. The van der Waals surface area contributed by atoms with E-state index in [2.05, 4.69) is 10.6 Å². The molecule has 1 aliphatic heterocycles. The number of hydrogen-bond donors (Lipinski definition) is 2. The summed E-state index contributed by atoms with van der Waals surface area (Å²) in [5.41, 5.74) is 1.29. The van der Waals surface area contributed by atoms with Crippen LogP contribution in [0.1, 0.15) is 31.9 Å². The molecule has 0 aromatic heterocycles. The van der Waals surface area contributed by atoms with Gasteiger partial charge in [-0.1, -0.05) is 44.2 Å². The Balaban J connectivity index is 1.55. The lowest BCUT2D eigenvalue weighted by atomic mass is 10.0. The molecule has 0 saturated carbocycles. The summed E-state index contributed by atoms with van der Waals surface area (Å²) in [6.45, 7) is 6.13. The second-order valence-corrected chi connectivity index (χ2v) is 8.67. The van der Waals surface area contributed by atoms with E-state index in [1.807, 2.05) is 49.1 Å². The number of nitrogens with one attached hydrogen (secondary N) is 2. The molecule has 0 aliphatic carbocycles. The maximum atomic E-state index is 13.3. The van der Waals surface area contributed by atoms with Crippen LogP contribution >= 0.6 is 0 Å². The van der Waals surface area contributed by atoms with Gasteiger partial charge in [0.25, 0.3) is 0 Å². The van der Waals surface area contributed by atoms with Crippen LogP contribution < -0.4 is 10.6 Å². The van der Waals surface area contributed by atoms with Crippen molar-refractivity contribution in [2.45, 2.75) is 26.3 Å². The SMILES string of the molecule is CC(C)CC(=O)NC(C(=O)N1CCN(CC(=O)Nc2ccc(F)cc2)CC1)c1ccccc1. The topological polar surface area (TPSA) is 81.8 Å². The van der Waals surface area contributed by atoms with Crippen molar-refractivity contribution in [1.29, 1.82) is 0 Å². The lowest BCUT2D eigenvalue weighted by molar-refractivity contribution is -0.138. The lowest BCUT2D eigenvalue weighted by Crippen LogP contribution is -2.53. The number of halogens is 1. The van der Waals surface area contributed by atoms with E-state index in [0.29, 0.717) is 38.3 Å². The summed E-state index contributed by atoms with van der Waals surface area (Å²) in [7, 11) is 0. The Bertz CT molecular complexity index is 942. The number of amides is 3. The molecular formula is C25H31FN4O3. The molecule has 2 aromatic rings. The van der Waals surface area contributed by atoms with Gasteiger partial charge in [0.05, 0.1) is 6.54 Å². The van der Waals surface area contributed by atoms with Crippen LogP contribution in [0.15, 0.2) is 54.6 Å². The standard InChI is InChI=1S/C25H31FN4O3/c1-18(2)16-22(31)28-24(19-6-4-3-5-7-19)25(33)30-14-12-29(13-15-30)17-23(32)27-21-10-8-20(26)9-11-21/h3-11,18,24H,12-17H2,1-2H3,(H,27,32)(H,28,31). The molecule has 2 aromatic carbocycles. The van der Waals surface area contributed by atoms with E-state index in [1.165, 1.54) is 24.3 Å². The van der Waals surface area contributed by atoms with Gasteiger partial charge in [0, 0.05) is 38.3 Å². The van der Waals surface area contributed by atoms with Crippen molar-refractivity contribution in [2.24, 2.45) is 5.92 Å². The van der Waals surface area contributed by atoms with Crippen molar-refractivity contribution >= 4 is 23.4 Å². The lowest BCUT2D eigenvalue weighted by Gasteiger charge is -2.36. The minimum atomic E-state index is -0.731. The summed E-state index contributed by atoms with van der Waals surface area (Å²) in [5.74, 6) is -0.648. The molecule has 7 nitrogen and oxygen atoms in total.